The lowest BCUT2D eigenvalue weighted by Crippen LogP contribution is -2.30. The van der Waals surface area contributed by atoms with Crippen molar-refractivity contribution in [1.29, 1.82) is 0 Å². The zero-order valence-corrected chi connectivity index (χ0v) is 6.21. The molecule has 0 spiro atoms. The fourth-order valence-electron chi connectivity index (χ4n) is 1.12. The minimum absolute atomic E-state index is 0.383. The largest absolute Gasteiger partial charge is 0.516 e. The maximum Gasteiger partial charge on any atom is 0.112 e. The van der Waals surface area contributed by atoms with Crippen molar-refractivity contribution in [3.05, 3.63) is 12.3 Å². The van der Waals surface area contributed by atoms with E-state index >= 15 is 0 Å². The summed E-state index contributed by atoms with van der Waals surface area (Å²) in [5.74, 6) is 0. The Labute approximate surface area is 64.7 Å². The van der Waals surface area contributed by atoms with Crippen molar-refractivity contribution < 1.29 is 20.1 Å². The first kappa shape index (κ1) is 8.52. The van der Waals surface area contributed by atoms with E-state index in [1.54, 1.807) is 6.92 Å². The zero-order valence-electron chi connectivity index (χ0n) is 6.21. The summed E-state index contributed by atoms with van der Waals surface area (Å²) < 4.78 is 5.08. The van der Waals surface area contributed by atoms with Gasteiger partial charge in [-0.15, -0.1) is 0 Å². The molecule has 3 N–H and O–H groups in total. The van der Waals surface area contributed by atoms with Crippen LogP contribution in [0.15, 0.2) is 12.3 Å². The number of aliphatic hydroxyl groups is 3. The summed E-state index contributed by atoms with van der Waals surface area (Å²) in [5.41, 5.74) is 0. The van der Waals surface area contributed by atoms with Crippen LogP contribution in [-0.2, 0) is 4.74 Å². The monoisotopic (exact) mass is 160 g/mol. The van der Waals surface area contributed by atoms with Gasteiger partial charge < -0.3 is 20.1 Å². The number of hydrogen-bond acceptors (Lipinski definition) is 4. The summed E-state index contributed by atoms with van der Waals surface area (Å²) in [6.45, 7) is 1.67. The van der Waals surface area contributed by atoms with E-state index in [0.29, 0.717) is 0 Å². The molecule has 0 radical (unpaired) electrons. The molecular formula is C7H12O4. The molecule has 0 aliphatic carbocycles. The average Bonchev–Trinajstić information content (AvgIpc) is 2.19. The Balaban J connectivity index is 2.59. The van der Waals surface area contributed by atoms with Crippen LogP contribution in [0.4, 0.5) is 0 Å². The molecule has 4 atom stereocenters. The van der Waals surface area contributed by atoms with Gasteiger partial charge in [0, 0.05) is 0 Å². The molecule has 11 heavy (non-hydrogen) atoms. The van der Waals surface area contributed by atoms with Gasteiger partial charge in [-0.2, -0.15) is 0 Å². The van der Waals surface area contributed by atoms with Crippen LogP contribution >= 0.6 is 0 Å². The van der Waals surface area contributed by atoms with Crippen LogP contribution in [-0.4, -0.2) is 39.7 Å². The summed E-state index contributed by atoms with van der Waals surface area (Å²) in [6, 6.07) is 0. The maximum atomic E-state index is 9.22. The molecule has 4 heteroatoms. The van der Waals surface area contributed by atoms with Crippen LogP contribution < -0.4 is 0 Å². The Morgan fingerprint density at radius 1 is 1.27 bits per heavy atom. The molecule has 1 heterocycles. The number of ether oxygens (including phenoxy) is 1. The van der Waals surface area contributed by atoms with Crippen molar-refractivity contribution >= 4 is 0 Å². The van der Waals surface area contributed by atoms with Crippen molar-refractivity contribution in [3.63, 3.8) is 0 Å². The lowest BCUT2D eigenvalue weighted by atomic mass is 10.1. The van der Waals surface area contributed by atoms with E-state index in [1.165, 1.54) is 6.08 Å². The summed E-state index contributed by atoms with van der Waals surface area (Å²) in [7, 11) is 0. The Hall–Kier alpha value is -0.580. The molecule has 0 saturated carbocycles. The summed E-state index contributed by atoms with van der Waals surface area (Å²) >= 11 is 0. The first-order chi connectivity index (χ1) is 5.16. The highest BCUT2D eigenvalue weighted by Gasteiger charge is 2.38. The average molecular weight is 160 g/mol. The van der Waals surface area contributed by atoms with Gasteiger partial charge in [-0.05, 0) is 13.0 Å². The number of aliphatic hydroxyl groups excluding tert-OH is 3. The fraction of sp³-hybridized carbons (Fsp3) is 0.714. The third-order valence-corrected chi connectivity index (χ3v) is 1.81. The van der Waals surface area contributed by atoms with Crippen LogP contribution in [0.2, 0.25) is 0 Å². The van der Waals surface area contributed by atoms with Crippen LogP contribution in [0.3, 0.4) is 0 Å². The van der Waals surface area contributed by atoms with Gasteiger partial charge in [0.05, 0.1) is 12.4 Å². The van der Waals surface area contributed by atoms with E-state index in [2.05, 4.69) is 0 Å². The molecule has 64 valence electrons. The Kier molecular flexibility index (Phi) is 2.49. The molecule has 1 saturated heterocycles. The van der Waals surface area contributed by atoms with Gasteiger partial charge in [0.25, 0.3) is 0 Å². The van der Waals surface area contributed by atoms with Gasteiger partial charge in [-0.25, -0.2) is 0 Å². The van der Waals surface area contributed by atoms with Gasteiger partial charge in [0.15, 0.2) is 0 Å². The Morgan fingerprint density at radius 2 is 1.91 bits per heavy atom. The lowest BCUT2D eigenvalue weighted by Gasteiger charge is -2.09. The van der Waals surface area contributed by atoms with Gasteiger partial charge in [0.1, 0.15) is 18.3 Å². The highest BCUT2D eigenvalue weighted by molar-refractivity contribution is 4.98. The fourth-order valence-corrected chi connectivity index (χ4v) is 1.12. The van der Waals surface area contributed by atoms with Gasteiger partial charge in [-0.1, -0.05) is 0 Å². The number of rotatable bonds is 1. The molecule has 1 aliphatic heterocycles. The maximum absolute atomic E-state index is 9.22. The molecule has 4 nitrogen and oxygen atoms in total. The first-order valence-electron chi connectivity index (χ1n) is 3.49. The molecule has 1 fully saturated rings. The van der Waals surface area contributed by atoms with E-state index < -0.39 is 18.3 Å². The Morgan fingerprint density at radius 3 is 2.27 bits per heavy atom. The number of hydrogen-bond donors (Lipinski definition) is 3. The minimum atomic E-state index is -0.937. The predicted octanol–water partition coefficient (Wildman–Crippen LogP) is -0.433. The van der Waals surface area contributed by atoms with Gasteiger partial charge >= 0.3 is 0 Å². The van der Waals surface area contributed by atoms with Crippen molar-refractivity contribution in [2.24, 2.45) is 0 Å². The molecular weight excluding hydrogens is 148 g/mol. The quantitative estimate of drug-likeness (QED) is 0.455. The second-order valence-electron chi connectivity index (χ2n) is 2.63. The Bertz CT molecular complexity index is 157. The second kappa shape index (κ2) is 3.21. The van der Waals surface area contributed by atoms with Crippen LogP contribution in [0, 0.1) is 0 Å². The SMILES string of the molecule is C[C@@H]1O[C@H](/C=C/O)C(O)C1O. The van der Waals surface area contributed by atoms with E-state index in [0.717, 1.165) is 6.26 Å². The van der Waals surface area contributed by atoms with Gasteiger partial charge in [-0.3, -0.25) is 0 Å². The van der Waals surface area contributed by atoms with Gasteiger partial charge in [0.2, 0.25) is 0 Å². The second-order valence-corrected chi connectivity index (χ2v) is 2.63. The van der Waals surface area contributed by atoms with E-state index in [4.69, 9.17) is 9.84 Å². The lowest BCUT2D eigenvalue weighted by molar-refractivity contribution is 0.0316. The standard InChI is InChI=1S/C7H12O4/c1-4-6(9)7(10)5(11-4)2-3-8/h2-10H,1H3/b3-2+/t4-,5+,6?,7?/m0/s1. The predicted molar refractivity (Wildman–Crippen MR) is 38.1 cm³/mol. The van der Waals surface area contributed by atoms with Crippen molar-refractivity contribution in [2.45, 2.75) is 31.3 Å². The highest BCUT2D eigenvalue weighted by atomic mass is 16.5. The third kappa shape index (κ3) is 1.53. The third-order valence-electron chi connectivity index (χ3n) is 1.81. The molecule has 0 bridgehead atoms. The van der Waals surface area contributed by atoms with E-state index in [1.807, 2.05) is 0 Å². The summed E-state index contributed by atoms with van der Waals surface area (Å²) in [4.78, 5) is 0. The van der Waals surface area contributed by atoms with Crippen LogP contribution in [0.5, 0.6) is 0 Å². The van der Waals surface area contributed by atoms with Crippen molar-refractivity contribution in [2.75, 3.05) is 0 Å². The van der Waals surface area contributed by atoms with Crippen molar-refractivity contribution in [1.82, 2.24) is 0 Å². The highest BCUT2D eigenvalue weighted by Crippen LogP contribution is 2.21. The molecule has 2 unspecified atom stereocenters. The first-order valence-corrected chi connectivity index (χ1v) is 3.49. The minimum Gasteiger partial charge on any atom is -0.516 e. The molecule has 0 aromatic heterocycles. The normalized spacial score (nSPS) is 45.4. The van der Waals surface area contributed by atoms with E-state index in [9.17, 15) is 10.2 Å². The molecule has 1 rings (SSSR count). The smallest absolute Gasteiger partial charge is 0.112 e. The van der Waals surface area contributed by atoms with E-state index in [-0.39, 0.29) is 6.10 Å². The molecule has 0 aromatic rings. The topological polar surface area (TPSA) is 69.9 Å². The summed E-state index contributed by atoms with van der Waals surface area (Å²) in [6.07, 6.45) is -0.670. The molecule has 0 aromatic carbocycles. The van der Waals surface area contributed by atoms with Crippen LogP contribution in [0.25, 0.3) is 0 Å². The van der Waals surface area contributed by atoms with Crippen LogP contribution in [0.1, 0.15) is 6.92 Å². The zero-order chi connectivity index (χ0) is 8.43. The molecule has 1 aliphatic rings. The van der Waals surface area contributed by atoms with Crippen molar-refractivity contribution in [3.8, 4) is 0 Å². The molecule has 0 amide bonds. The summed E-state index contributed by atoms with van der Waals surface area (Å²) in [5, 5.41) is 26.8.